The molecule has 0 bridgehead atoms. The average Bonchev–Trinajstić information content (AvgIpc) is 3.31. The summed E-state index contributed by atoms with van der Waals surface area (Å²) in [6.07, 6.45) is 1.49. The van der Waals surface area contributed by atoms with Gasteiger partial charge in [0.1, 0.15) is 18.1 Å². The van der Waals surface area contributed by atoms with Gasteiger partial charge in [-0.25, -0.2) is 13.4 Å². The molecule has 0 aliphatic heterocycles. The van der Waals surface area contributed by atoms with E-state index in [-0.39, 0.29) is 4.90 Å². The molecule has 0 saturated heterocycles. The molecule has 0 amide bonds. The van der Waals surface area contributed by atoms with Crippen molar-refractivity contribution in [3.63, 3.8) is 0 Å². The number of ether oxygens (including phenoxy) is 1. The molecule has 3 aromatic carbocycles. The van der Waals surface area contributed by atoms with Gasteiger partial charge in [-0.2, -0.15) is 4.72 Å². The lowest BCUT2D eigenvalue weighted by atomic mass is 10.1. The zero-order chi connectivity index (χ0) is 25.7. The summed E-state index contributed by atoms with van der Waals surface area (Å²) in [7, 11) is -0.885. The predicted molar refractivity (Wildman–Crippen MR) is 136 cm³/mol. The van der Waals surface area contributed by atoms with Gasteiger partial charge in [-0.1, -0.05) is 66.4 Å². The van der Waals surface area contributed by atoms with Crippen molar-refractivity contribution in [2.75, 3.05) is 7.11 Å². The standard InChI is InChI=1S/C25H24N4O5S2/c1-29-16-26-25(27-29)35-23(19-6-4-3-5-7-19)22(24(30)31)28-36(32,33)21-14-10-18(11-15-21)17-8-12-20(34-2)13-9-17/h3-16,22-23,28H,1-2H3,(H,30,31)/t22-,23-/m1/s1. The van der Waals surface area contributed by atoms with Gasteiger partial charge < -0.3 is 9.84 Å². The minimum absolute atomic E-state index is 0.0428. The minimum atomic E-state index is -4.16. The fourth-order valence-electron chi connectivity index (χ4n) is 3.55. The number of hydrogen-bond acceptors (Lipinski definition) is 7. The summed E-state index contributed by atoms with van der Waals surface area (Å²) in [5, 5.41) is 13.8. The van der Waals surface area contributed by atoms with Crippen molar-refractivity contribution < 1.29 is 23.1 Å². The third kappa shape index (κ3) is 5.93. The molecule has 0 saturated carbocycles. The molecule has 0 spiro atoms. The third-order valence-electron chi connectivity index (χ3n) is 5.38. The second-order valence-electron chi connectivity index (χ2n) is 7.84. The Kier molecular flexibility index (Phi) is 7.73. The number of sulfonamides is 1. The molecule has 36 heavy (non-hydrogen) atoms. The number of carboxylic acid groups (broad SMARTS) is 1. The molecule has 11 heteroatoms. The third-order valence-corrected chi connectivity index (χ3v) is 8.03. The topological polar surface area (TPSA) is 123 Å². The molecule has 4 rings (SSSR count). The van der Waals surface area contributed by atoms with Crippen LogP contribution < -0.4 is 9.46 Å². The Labute approximate surface area is 213 Å². The van der Waals surface area contributed by atoms with E-state index < -0.39 is 27.3 Å². The molecule has 4 aromatic rings. The van der Waals surface area contributed by atoms with Gasteiger partial charge in [0.2, 0.25) is 15.2 Å². The second kappa shape index (κ2) is 10.9. The van der Waals surface area contributed by atoms with Crippen LogP contribution in [0, 0.1) is 0 Å². The van der Waals surface area contributed by atoms with Crippen molar-refractivity contribution in [1.82, 2.24) is 19.5 Å². The Morgan fingerprint density at radius 2 is 1.61 bits per heavy atom. The molecule has 1 heterocycles. The van der Waals surface area contributed by atoms with Crippen LogP contribution in [0.25, 0.3) is 11.1 Å². The van der Waals surface area contributed by atoms with E-state index in [9.17, 15) is 18.3 Å². The van der Waals surface area contributed by atoms with Gasteiger partial charge in [0.05, 0.1) is 17.3 Å². The Bertz CT molecular complexity index is 1420. The zero-order valence-electron chi connectivity index (χ0n) is 19.5. The average molecular weight is 525 g/mol. The SMILES string of the molecule is COc1ccc(-c2ccc(S(=O)(=O)N[C@@H](C(=O)O)[C@H](Sc3ncn(C)n3)c3ccccc3)cc2)cc1. The van der Waals surface area contributed by atoms with Gasteiger partial charge >= 0.3 is 5.97 Å². The molecule has 2 atom stereocenters. The lowest BCUT2D eigenvalue weighted by Gasteiger charge is -2.24. The van der Waals surface area contributed by atoms with Crippen molar-refractivity contribution in [2.45, 2.75) is 21.3 Å². The highest BCUT2D eigenvalue weighted by molar-refractivity contribution is 7.99. The Morgan fingerprint density at radius 1 is 1.00 bits per heavy atom. The van der Waals surface area contributed by atoms with Crippen LogP contribution in [-0.2, 0) is 21.9 Å². The maximum atomic E-state index is 13.2. The van der Waals surface area contributed by atoms with Crippen LogP contribution in [0.1, 0.15) is 10.8 Å². The van der Waals surface area contributed by atoms with Crippen LogP contribution in [-0.4, -0.2) is 47.4 Å². The molecule has 0 aliphatic rings. The predicted octanol–water partition coefficient (Wildman–Crippen LogP) is 3.76. The maximum absolute atomic E-state index is 13.2. The Morgan fingerprint density at radius 3 is 2.14 bits per heavy atom. The van der Waals surface area contributed by atoms with Crippen molar-refractivity contribution in [2.24, 2.45) is 7.05 Å². The molecular formula is C25H24N4O5S2. The molecule has 0 fully saturated rings. The largest absolute Gasteiger partial charge is 0.497 e. The summed E-state index contributed by atoms with van der Waals surface area (Å²) in [5.74, 6) is -0.598. The van der Waals surface area contributed by atoms with Gasteiger partial charge in [0, 0.05) is 7.05 Å². The van der Waals surface area contributed by atoms with Crippen molar-refractivity contribution >= 4 is 27.8 Å². The number of methoxy groups -OCH3 is 1. The highest BCUT2D eigenvalue weighted by Crippen LogP contribution is 2.37. The molecular weight excluding hydrogens is 500 g/mol. The van der Waals surface area contributed by atoms with Crippen LogP contribution in [0.3, 0.4) is 0 Å². The first kappa shape index (κ1) is 25.4. The highest BCUT2D eigenvalue weighted by atomic mass is 32.2. The van der Waals surface area contributed by atoms with Crippen LogP contribution in [0.4, 0.5) is 0 Å². The molecule has 2 N–H and O–H groups in total. The lowest BCUT2D eigenvalue weighted by Crippen LogP contribution is -2.44. The smallest absolute Gasteiger partial charge is 0.323 e. The number of aromatic nitrogens is 3. The normalized spacial score (nSPS) is 13.2. The number of aryl methyl sites for hydroxylation is 1. The molecule has 0 radical (unpaired) electrons. The molecule has 0 unspecified atom stereocenters. The highest BCUT2D eigenvalue weighted by Gasteiger charge is 2.35. The fraction of sp³-hybridized carbons (Fsp3) is 0.160. The number of nitrogens with zero attached hydrogens (tertiary/aromatic N) is 3. The van der Waals surface area contributed by atoms with Gasteiger partial charge in [-0.15, -0.1) is 5.10 Å². The number of thioether (sulfide) groups is 1. The number of carboxylic acids is 1. The number of aliphatic carboxylic acids is 1. The number of benzene rings is 3. The number of nitrogens with one attached hydrogen (secondary N) is 1. The summed E-state index contributed by atoms with van der Waals surface area (Å²) < 4.78 is 35.5. The van der Waals surface area contributed by atoms with E-state index in [4.69, 9.17) is 4.74 Å². The molecule has 186 valence electrons. The summed E-state index contributed by atoms with van der Waals surface area (Å²) in [6.45, 7) is 0. The van der Waals surface area contributed by atoms with Crippen LogP contribution in [0.5, 0.6) is 5.75 Å². The first-order valence-corrected chi connectivity index (χ1v) is 13.2. The van der Waals surface area contributed by atoms with E-state index in [0.717, 1.165) is 22.9 Å². The fourth-order valence-corrected chi connectivity index (χ4v) is 5.96. The number of rotatable bonds is 10. The summed E-state index contributed by atoms with van der Waals surface area (Å²) >= 11 is 1.08. The summed E-state index contributed by atoms with van der Waals surface area (Å²) in [6, 6.07) is 21.0. The van der Waals surface area contributed by atoms with Crippen molar-refractivity contribution in [1.29, 1.82) is 0 Å². The Hall–Kier alpha value is -3.67. The monoisotopic (exact) mass is 524 g/mol. The first-order chi connectivity index (χ1) is 17.3. The van der Waals surface area contributed by atoms with Crippen LogP contribution in [0.15, 0.2) is 95.2 Å². The van der Waals surface area contributed by atoms with E-state index in [1.54, 1.807) is 56.6 Å². The minimum Gasteiger partial charge on any atom is -0.497 e. The van der Waals surface area contributed by atoms with Crippen LogP contribution in [0.2, 0.25) is 0 Å². The van der Waals surface area contributed by atoms with E-state index in [0.29, 0.717) is 16.5 Å². The second-order valence-corrected chi connectivity index (χ2v) is 10.7. The van der Waals surface area contributed by atoms with Crippen LogP contribution >= 0.6 is 11.8 Å². The molecule has 1 aromatic heterocycles. The molecule has 0 aliphatic carbocycles. The summed E-state index contributed by atoms with van der Waals surface area (Å²) in [4.78, 5) is 16.4. The quantitative estimate of drug-likeness (QED) is 0.301. The first-order valence-electron chi connectivity index (χ1n) is 10.8. The van der Waals surface area contributed by atoms with Crippen molar-refractivity contribution in [3.05, 3.63) is 90.8 Å². The zero-order valence-corrected chi connectivity index (χ0v) is 21.1. The number of carbonyl (C=O) groups is 1. The lowest BCUT2D eigenvalue weighted by molar-refractivity contribution is -0.139. The van der Waals surface area contributed by atoms with E-state index in [1.807, 2.05) is 24.3 Å². The van der Waals surface area contributed by atoms with Gasteiger partial charge in [0.25, 0.3) is 0 Å². The summed E-state index contributed by atoms with van der Waals surface area (Å²) in [5.41, 5.74) is 2.32. The van der Waals surface area contributed by atoms with E-state index in [2.05, 4.69) is 14.8 Å². The van der Waals surface area contributed by atoms with Crippen molar-refractivity contribution in [3.8, 4) is 16.9 Å². The maximum Gasteiger partial charge on any atom is 0.323 e. The van der Waals surface area contributed by atoms with E-state index >= 15 is 0 Å². The van der Waals surface area contributed by atoms with Gasteiger partial charge in [0.15, 0.2) is 0 Å². The van der Waals surface area contributed by atoms with Gasteiger partial charge in [-0.05, 0) is 41.0 Å². The number of hydrogen-bond donors (Lipinski definition) is 2. The Balaban J connectivity index is 1.61. The molecule has 9 nitrogen and oxygen atoms in total. The van der Waals surface area contributed by atoms with E-state index in [1.165, 1.54) is 23.1 Å². The van der Waals surface area contributed by atoms with Gasteiger partial charge in [-0.3, -0.25) is 9.48 Å².